The van der Waals surface area contributed by atoms with Crippen LogP contribution < -0.4 is 16.2 Å². The lowest BCUT2D eigenvalue weighted by Crippen LogP contribution is -2.28. The van der Waals surface area contributed by atoms with Crippen LogP contribution in [0.5, 0.6) is 0 Å². The van der Waals surface area contributed by atoms with Gasteiger partial charge in [0, 0.05) is 11.4 Å². The van der Waals surface area contributed by atoms with Gasteiger partial charge in [0.05, 0.1) is 28.3 Å². The Hall–Kier alpha value is -4.31. The lowest BCUT2D eigenvalue weighted by Gasteiger charge is -2.10. The third-order valence-corrected chi connectivity index (χ3v) is 6.78. The van der Waals surface area contributed by atoms with Crippen molar-refractivity contribution < 1.29 is 19.1 Å². The number of ether oxygens (including phenoxy) is 1. The second-order valence-electron chi connectivity index (χ2n) is 8.76. The molecule has 190 valence electrons. The topological polar surface area (TPSA) is 119 Å². The Bertz CT molecular complexity index is 1550. The van der Waals surface area contributed by atoms with E-state index in [2.05, 4.69) is 15.6 Å². The monoisotopic (exact) mass is 518 g/mol. The summed E-state index contributed by atoms with van der Waals surface area (Å²) in [5.41, 5.74) is 2.56. The predicted molar refractivity (Wildman–Crippen MR) is 143 cm³/mol. The number of carbonyl (C=O) groups is 3. The highest BCUT2D eigenvalue weighted by Crippen LogP contribution is 2.28. The van der Waals surface area contributed by atoms with Gasteiger partial charge in [-0.2, -0.15) is 0 Å². The summed E-state index contributed by atoms with van der Waals surface area (Å²) >= 11 is 1.13. The molecule has 0 aliphatic carbocycles. The summed E-state index contributed by atoms with van der Waals surface area (Å²) in [4.78, 5) is 55.8. The van der Waals surface area contributed by atoms with E-state index in [0.717, 1.165) is 16.9 Å². The number of aryl methyl sites for hydroxylation is 2. The Morgan fingerprint density at radius 1 is 1.03 bits per heavy atom. The first kappa shape index (κ1) is 25.8. The average Bonchev–Trinajstić information content (AvgIpc) is 3.19. The smallest absolute Gasteiger partial charge is 0.338 e. The van der Waals surface area contributed by atoms with Crippen LogP contribution in [0.2, 0.25) is 0 Å². The molecule has 37 heavy (non-hydrogen) atoms. The van der Waals surface area contributed by atoms with E-state index in [1.807, 2.05) is 31.2 Å². The number of fused-ring (bicyclic) bond motifs is 1. The fraction of sp³-hybridized carbons (Fsp3) is 0.222. The Labute approximate surface area is 217 Å². The van der Waals surface area contributed by atoms with Crippen molar-refractivity contribution in [2.45, 2.75) is 40.3 Å². The molecule has 0 saturated heterocycles. The largest absolute Gasteiger partial charge is 0.459 e. The zero-order valence-electron chi connectivity index (χ0n) is 20.8. The number of rotatable bonds is 7. The van der Waals surface area contributed by atoms with Gasteiger partial charge in [-0.1, -0.05) is 18.2 Å². The first-order valence-corrected chi connectivity index (χ1v) is 12.4. The van der Waals surface area contributed by atoms with E-state index < -0.39 is 17.4 Å². The van der Waals surface area contributed by atoms with Crippen LogP contribution in [-0.4, -0.2) is 33.4 Å². The van der Waals surface area contributed by atoms with Crippen molar-refractivity contribution in [2.24, 2.45) is 0 Å². The molecule has 2 heterocycles. The lowest BCUT2D eigenvalue weighted by atomic mass is 10.2. The van der Waals surface area contributed by atoms with E-state index >= 15 is 0 Å². The van der Waals surface area contributed by atoms with Crippen molar-refractivity contribution in [3.05, 3.63) is 86.8 Å². The van der Waals surface area contributed by atoms with E-state index in [4.69, 9.17) is 4.74 Å². The number of benzene rings is 2. The fourth-order valence-electron chi connectivity index (χ4n) is 3.71. The highest BCUT2D eigenvalue weighted by atomic mass is 32.1. The molecule has 2 aromatic carbocycles. The van der Waals surface area contributed by atoms with Gasteiger partial charge in [-0.25, -0.2) is 9.78 Å². The number of nitrogens with zero attached hydrogens (tertiary/aromatic N) is 2. The minimum Gasteiger partial charge on any atom is -0.459 e. The lowest BCUT2D eigenvalue weighted by molar-refractivity contribution is -0.116. The zero-order valence-corrected chi connectivity index (χ0v) is 21.6. The molecule has 0 saturated carbocycles. The van der Waals surface area contributed by atoms with Gasteiger partial charge in [0.15, 0.2) is 0 Å². The molecule has 0 aliphatic rings. The maximum Gasteiger partial charge on any atom is 0.338 e. The molecule has 2 N–H and O–H groups in total. The maximum absolute atomic E-state index is 13.2. The highest BCUT2D eigenvalue weighted by Gasteiger charge is 2.20. The summed E-state index contributed by atoms with van der Waals surface area (Å²) in [5.74, 6) is -1.21. The Kier molecular flexibility index (Phi) is 7.49. The van der Waals surface area contributed by atoms with Crippen molar-refractivity contribution in [3.8, 4) is 0 Å². The van der Waals surface area contributed by atoms with E-state index in [-0.39, 0.29) is 18.6 Å². The van der Waals surface area contributed by atoms with Crippen LogP contribution in [0.25, 0.3) is 10.2 Å². The number of nitrogens with one attached hydrogen (secondary N) is 2. The number of amides is 2. The standard InChI is InChI=1S/C27H26N4O5S/c1-15(2)36-27(35)18-9-11-19(12-10-18)29-21(32)13-31-14-28-25-22(26(31)34)17(4)23(37-25)24(33)30-20-8-6-5-7-16(20)3/h5-12,14-15H,13H2,1-4H3,(H,29,32)(H,30,33). The van der Waals surface area contributed by atoms with Gasteiger partial charge in [-0.3, -0.25) is 19.0 Å². The van der Waals surface area contributed by atoms with Crippen molar-refractivity contribution in [2.75, 3.05) is 10.6 Å². The Morgan fingerprint density at radius 3 is 2.41 bits per heavy atom. The number of esters is 1. The number of hydrogen-bond acceptors (Lipinski definition) is 7. The number of aromatic nitrogens is 2. The summed E-state index contributed by atoms with van der Waals surface area (Å²) in [6, 6.07) is 13.7. The Balaban J connectivity index is 1.49. The molecular weight excluding hydrogens is 492 g/mol. The second kappa shape index (κ2) is 10.8. The quantitative estimate of drug-likeness (QED) is 0.347. The van der Waals surface area contributed by atoms with Crippen molar-refractivity contribution in [1.29, 1.82) is 0 Å². The molecule has 4 rings (SSSR count). The molecule has 0 unspecified atom stereocenters. The van der Waals surface area contributed by atoms with Gasteiger partial charge >= 0.3 is 5.97 Å². The van der Waals surface area contributed by atoms with E-state index in [1.165, 1.54) is 10.9 Å². The normalized spacial score (nSPS) is 10.9. The summed E-state index contributed by atoms with van der Waals surface area (Å²) in [5, 5.41) is 5.90. The fourth-order valence-corrected chi connectivity index (χ4v) is 4.74. The summed E-state index contributed by atoms with van der Waals surface area (Å²) in [7, 11) is 0. The minimum absolute atomic E-state index is 0.235. The number of hydrogen-bond donors (Lipinski definition) is 2. The summed E-state index contributed by atoms with van der Waals surface area (Å²) < 4.78 is 6.35. The van der Waals surface area contributed by atoms with E-state index in [1.54, 1.807) is 45.0 Å². The van der Waals surface area contributed by atoms with Crippen LogP contribution in [0.1, 0.15) is 45.0 Å². The third-order valence-electron chi connectivity index (χ3n) is 5.58. The molecule has 0 bridgehead atoms. The first-order chi connectivity index (χ1) is 17.6. The molecule has 2 aromatic heterocycles. The third kappa shape index (κ3) is 5.75. The molecule has 0 spiro atoms. The molecule has 0 aliphatic heterocycles. The SMILES string of the molecule is Cc1ccccc1NC(=O)c1sc2ncn(CC(=O)Nc3ccc(C(=O)OC(C)C)cc3)c(=O)c2c1C. The van der Waals surface area contributed by atoms with Gasteiger partial charge in [0.1, 0.15) is 11.4 Å². The van der Waals surface area contributed by atoms with Gasteiger partial charge in [-0.15, -0.1) is 11.3 Å². The molecule has 0 atom stereocenters. The highest BCUT2D eigenvalue weighted by molar-refractivity contribution is 7.20. The molecule has 0 radical (unpaired) electrons. The molecule has 2 amide bonds. The van der Waals surface area contributed by atoms with Crippen molar-refractivity contribution in [1.82, 2.24) is 9.55 Å². The van der Waals surface area contributed by atoms with Gasteiger partial charge < -0.3 is 15.4 Å². The van der Waals surface area contributed by atoms with Crippen LogP contribution in [0.3, 0.4) is 0 Å². The minimum atomic E-state index is -0.447. The molecular formula is C27H26N4O5S. The first-order valence-electron chi connectivity index (χ1n) is 11.6. The van der Waals surface area contributed by atoms with Crippen molar-refractivity contribution in [3.63, 3.8) is 0 Å². The van der Waals surface area contributed by atoms with Gasteiger partial charge in [0.2, 0.25) is 5.91 Å². The van der Waals surface area contributed by atoms with Gasteiger partial charge in [0.25, 0.3) is 11.5 Å². The van der Waals surface area contributed by atoms with Gasteiger partial charge in [-0.05, 0) is 69.2 Å². The molecule has 4 aromatic rings. The van der Waals surface area contributed by atoms with Crippen LogP contribution in [-0.2, 0) is 16.1 Å². The average molecular weight is 519 g/mol. The van der Waals surface area contributed by atoms with Crippen molar-refractivity contribution >= 4 is 50.7 Å². The number of thiophene rings is 1. The predicted octanol–water partition coefficient (Wildman–Crippen LogP) is 4.53. The zero-order chi connectivity index (χ0) is 26.7. The molecule has 0 fully saturated rings. The molecule has 10 heteroatoms. The van der Waals surface area contributed by atoms with Crippen LogP contribution in [0.15, 0.2) is 59.7 Å². The number of carbonyl (C=O) groups excluding carboxylic acids is 3. The van der Waals surface area contributed by atoms with Crippen LogP contribution in [0, 0.1) is 13.8 Å². The summed E-state index contributed by atoms with van der Waals surface area (Å²) in [6.07, 6.45) is 1.07. The maximum atomic E-state index is 13.2. The van der Waals surface area contributed by atoms with E-state index in [0.29, 0.717) is 37.6 Å². The summed E-state index contributed by atoms with van der Waals surface area (Å²) in [6.45, 7) is 6.86. The van der Waals surface area contributed by atoms with Crippen LogP contribution in [0.4, 0.5) is 11.4 Å². The number of anilines is 2. The second-order valence-corrected chi connectivity index (χ2v) is 9.76. The Morgan fingerprint density at radius 2 is 1.73 bits per heavy atom. The van der Waals surface area contributed by atoms with Crippen LogP contribution >= 0.6 is 11.3 Å². The van der Waals surface area contributed by atoms with E-state index in [9.17, 15) is 19.2 Å². The molecule has 9 nitrogen and oxygen atoms in total. The number of para-hydroxylation sites is 1.